The second kappa shape index (κ2) is 5.31. The number of anilines is 1. The number of H-pyrrole nitrogens is 1. The van der Waals surface area contributed by atoms with Gasteiger partial charge in [-0.1, -0.05) is 6.92 Å². The van der Waals surface area contributed by atoms with Crippen LogP contribution in [0.5, 0.6) is 0 Å². The zero-order chi connectivity index (χ0) is 13.0. The first kappa shape index (κ1) is 12.1. The number of nitrogens with zero attached hydrogens (tertiary/aromatic N) is 2. The summed E-state index contributed by atoms with van der Waals surface area (Å²) >= 11 is 0. The first-order chi connectivity index (χ1) is 8.70. The van der Waals surface area contributed by atoms with Crippen molar-refractivity contribution in [2.24, 2.45) is 0 Å². The van der Waals surface area contributed by atoms with Crippen LogP contribution in [0, 0.1) is 0 Å². The smallest absolute Gasteiger partial charge is 0.270 e. The number of nitrogens with two attached hydrogens (primary N) is 1. The molecule has 2 heterocycles. The van der Waals surface area contributed by atoms with Crippen molar-refractivity contribution in [3.05, 3.63) is 42.2 Å². The highest BCUT2D eigenvalue weighted by Gasteiger charge is 2.16. The van der Waals surface area contributed by atoms with E-state index < -0.39 is 0 Å². The molecule has 1 amide bonds. The number of rotatable bonds is 4. The second-order valence-electron chi connectivity index (χ2n) is 3.89. The van der Waals surface area contributed by atoms with Gasteiger partial charge >= 0.3 is 0 Å². The minimum atomic E-state index is -0.238. The summed E-state index contributed by atoms with van der Waals surface area (Å²) in [5.74, 6) is 0.500. The van der Waals surface area contributed by atoms with E-state index >= 15 is 0 Å². The van der Waals surface area contributed by atoms with Crippen LogP contribution in [-0.4, -0.2) is 20.9 Å². The van der Waals surface area contributed by atoms with Gasteiger partial charge in [-0.2, -0.15) is 0 Å². The van der Waals surface area contributed by atoms with Gasteiger partial charge in [0.05, 0.1) is 17.9 Å². The summed E-state index contributed by atoms with van der Waals surface area (Å²) in [5.41, 5.74) is 6.40. The fourth-order valence-electron chi connectivity index (χ4n) is 1.60. The zero-order valence-corrected chi connectivity index (χ0v) is 10.1. The molecule has 0 aliphatic heterocycles. The van der Waals surface area contributed by atoms with Gasteiger partial charge in [0.2, 0.25) is 0 Å². The van der Waals surface area contributed by atoms with Gasteiger partial charge in [0.25, 0.3) is 5.91 Å². The van der Waals surface area contributed by atoms with Crippen LogP contribution in [-0.2, 0) is 0 Å². The molecule has 4 N–H and O–H groups in total. The molecule has 0 saturated carbocycles. The lowest BCUT2D eigenvalue weighted by Crippen LogP contribution is -2.29. The van der Waals surface area contributed by atoms with Gasteiger partial charge in [0.15, 0.2) is 0 Å². The number of nitrogens with one attached hydrogen (secondary N) is 2. The standard InChI is InChI=1S/C12H15N5O/c1-2-9(11-14-5-6-15-11)17-12(18)10-4-3-8(13)7-16-10/h3-7,9H,2,13H2,1H3,(H,14,15)(H,17,18). The predicted molar refractivity (Wildman–Crippen MR) is 67.7 cm³/mol. The monoisotopic (exact) mass is 245 g/mol. The van der Waals surface area contributed by atoms with Crippen LogP contribution in [0.2, 0.25) is 0 Å². The van der Waals surface area contributed by atoms with Crippen LogP contribution in [0.15, 0.2) is 30.7 Å². The second-order valence-corrected chi connectivity index (χ2v) is 3.89. The summed E-state index contributed by atoms with van der Waals surface area (Å²) in [4.78, 5) is 23.1. The Kier molecular flexibility index (Phi) is 3.57. The highest BCUT2D eigenvalue weighted by atomic mass is 16.1. The number of hydrogen-bond acceptors (Lipinski definition) is 4. The number of amides is 1. The van der Waals surface area contributed by atoms with E-state index in [0.29, 0.717) is 11.4 Å². The van der Waals surface area contributed by atoms with Crippen LogP contribution < -0.4 is 11.1 Å². The van der Waals surface area contributed by atoms with E-state index in [2.05, 4.69) is 20.3 Å². The molecule has 0 saturated heterocycles. The molecule has 6 heteroatoms. The third kappa shape index (κ3) is 2.65. The van der Waals surface area contributed by atoms with Crippen molar-refractivity contribution in [3.8, 4) is 0 Å². The van der Waals surface area contributed by atoms with E-state index in [1.54, 1.807) is 24.5 Å². The number of carbonyl (C=O) groups is 1. The van der Waals surface area contributed by atoms with Crippen molar-refractivity contribution in [2.75, 3.05) is 5.73 Å². The van der Waals surface area contributed by atoms with E-state index in [0.717, 1.165) is 12.2 Å². The molecular formula is C12H15N5O. The first-order valence-corrected chi connectivity index (χ1v) is 5.72. The third-order valence-electron chi connectivity index (χ3n) is 2.58. The van der Waals surface area contributed by atoms with Crippen LogP contribution in [0.25, 0.3) is 0 Å². The van der Waals surface area contributed by atoms with Crippen molar-refractivity contribution in [1.29, 1.82) is 0 Å². The van der Waals surface area contributed by atoms with Gasteiger partial charge in [-0.15, -0.1) is 0 Å². The molecule has 0 radical (unpaired) electrons. The number of carbonyl (C=O) groups excluding carboxylic acids is 1. The molecule has 2 aromatic heterocycles. The molecular weight excluding hydrogens is 230 g/mol. The van der Waals surface area contributed by atoms with Crippen LogP contribution in [0.4, 0.5) is 5.69 Å². The molecule has 0 aromatic carbocycles. The molecule has 0 bridgehead atoms. The Morgan fingerprint density at radius 1 is 1.50 bits per heavy atom. The van der Waals surface area contributed by atoms with E-state index in [1.807, 2.05) is 6.92 Å². The van der Waals surface area contributed by atoms with Crippen molar-refractivity contribution >= 4 is 11.6 Å². The van der Waals surface area contributed by atoms with Gasteiger partial charge in [-0.3, -0.25) is 4.79 Å². The quantitative estimate of drug-likeness (QED) is 0.755. The van der Waals surface area contributed by atoms with Crippen LogP contribution >= 0.6 is 0 Å². The summed E-state index contributed by atoms with van der Waals surface area (Å²) in [5, 5.41) is 2.87. The lowest BCUT2D eigenvalue weighted by Gasteiger charge is -2.14. The predicted octanol–water partition coefficient (Wildman–Crippen LogP) is 1.27. The van der Waals surface area contributed by atoms with Crippen LogP contribution in [0.3, 0.4) is 0 Å². The molecule has 94 valence electrons. The Labute approximate surface area is 105 Å². The fourth-order valence-corrected chi connectivity index (χ4v) is 1.60. The third-order valence-corrected chi connectivity index (χ3v) is 2.58. The van der Waals surface area contributed by atoms with Crippen LogP contribution in [0.1, 0.15) is 35.7 Å². The van der Waals surface area contributed by atoms with Crippen molar-refractivity contribution in [3.63, 3.8) is 0 Å². The van der Waals surface area contributed by atoms with E-state index in [9.17, 15) is 4.79 Å². The van der Waals surface area contributed by atoms with E-state index in [-0.39, 0.29) is 11.9 Å². The SMILES string of the molecule is CCC(NC(=O)c1ccc(N)cn1)c1ncc[nH]1. The summed E-state index contributed by atoms with van der Waals surface area (Å²) in [7, 11) is 0. The largest absolute Gasteiger partial charge is 0.397 e. The maximum absolute atomic E-state index is 12.0. The molecule has 18 heavy (non-hydrogen) atoms. The molecule has 1 unspecified atom stereocenters. The van der Waals surface area contributed by atoms with Crippen molar-refractivity contribution in [2.45, 2.75) is 19.4 Å². The molecule has 1 atom stereocenters. The summed E-state index contributed by atoms with van der Waals surface area (Å²) in [6.45, 7) is 1.98. The van der Waals surface area contributed by atoms with Gasteiger partial charge < -0.3 is 16.0 Å². The fraction of sp³-hybridized carbons (Fsp3) is 0.250. The summed E-state index contributed by atoms with van der Waals surface area (Å²) < 4.78 is 0. The Morgan fingerprint density at radius 2 is 2.33 bits per heavy atom. The maximum atomic E-state index is 12.0. The number of nitrogen functional groups attached to an aromatic ring is 1. The molecule has 0 spiro atoms. The summed E-state index contributed by atoms with van der Waals surface area (Å²) in [6, 6.07) is 3.10. The van der Waals surface area contributed by atoms with E-state index in [1.165, 1.54) is 6.20 Å². The lowest BCUT2D eigenvalue weighted by atomic mass is 10.2. The normalized spacial score (nSPS) is 12.1. The first-order valence-electron chi connectivity index (χ1n) is 5.72. The Balaban J connectivity index is 2.08. The highest BCUT2D eigenvalue weighted by molar-refractivity contribution is 5.92. The average Bonchev–Trinajstić information content (AvgIpc) is 2.90. The lowest BCUT2D eigenvalue weighted by molar-refractivity contribution is 0.0929. The highest BCUT2D eigenvalue weighted by Crippen LogP contribution is 2.12. The topological polar surface area (TPSA) is 96.7 Å². The number of aromatic amines is 1. The van der Waals surface area contributed by atoms with Crippen molar-refractivity contribution in [1.82, 2.24) is 20.3 Å². The molecule has 2 rings (SSSR count). The Hall–Kier alpha value is -2.37. The van der Waals surface area contributed by atoms with Crippen molar-refractivity contribution < 1.29 is 4.79 Å². The summed E-state index contributed by atoms with van der Waals surface area (Å²) in [6.07, 6.45) is 5.59. The number of aromatic nitrogens is 3. The van der Waals surface area contributed by atoms with Gasteiger partial charge in [0.1, 0.15) is 11.5 Å². The zero-order valence-electron chi connectivity index (χ0n) is 10.1. The molecule has 0 fully saturated rings. The number of hydrogen-bond donors (Lipinski definition) is 3. The maximum Gasteiger partial charge on any atom is 0.270 e. The van der Waals surface area contributed by atoms with Gasteiger partial charge in [0, 0.05) is 12.4 Å². The molecule has 2 aromatic rings. The Morgan fingerprint density at radius 3 is 2.89 bits per heavy atom. The average molecular weight is 245 g/mol. The minimum absolute atomic E-state index is 0.146. The van der Waals surface area contributed by atoms with Gasteiger partial charge in [-0.05, 0) is 18.6 Å². The Bertz CT molecular complexity index is 506. The van der Waals surface area contributed by atoms with E-state index in [4.69, 9.17) is 5.73 Å². The molecule has 6 nitrogen and oxygen atoms in total. The molecule has 0 aliphatic carbocycles. The molecule has 0 aliphatic rings. The number of pyridine rings is 1. The van der Waals surface area contributed by atoms with Gasteiger partial charge in [-0.25, -0.2) is 9.97 Å². The minimum Gasteiger partial charge on any atom is -0.397 e. The number of imidazole rings is 1.